The van der Waals surface area contributed by atoms with Crippen molar-refractivity contribution in [2.75, 3.05) is 56.7 Å². The second-order valence-electron chi connectivity index (χ2n) is 18.1. The number of piperazine rings is 1. The van der Waals surface area contributed by atoms with Crippen LogP contribution in [-0.2, 0) is 35.0 Å². The Balaban J connectivity index is 1.14. The zero-order valence-corrected chi connectivity index (χ0v) is 37.6. The Morgan fingerprint density at radius 1 is 0.797 bits per heavy atom. The third-order valence-corrected chi connectivity index (χ3v) is 11.1. The Kier molecular flexibility index (Phi) is 13.6. The van der Waals surface area contributed by atoms with E-state index in [0.717, 1.165) is 57.6 Å². The van der Waals surface area contributed by atoms with Crippen molar-refractivity contribution < 1.29 is 42.9 Å². The van der Waals surface area contributed by atoms with E-state index in [1.807, 2.05) is 60.7 Å². The fraction of sp³-hybridized carbons (Fsp3) is 0.380. The van der Waals surface area contributed by atoms with Crippen LogP contribution in [0, 0.1) is 0 Å². The summed E-state index contributed by atoms with van der Waals surface area (Å²) in [5, 5.41) is 6.13. The van der Waals surface area contributed by atoms with E-state index in [1.165, 1.54) is 6.07 Å². The second kappa shape index (κ2) is 19.1. The van der Waals surface area contributed by atoms with Crippen LogP contribution in [-0.4, -0.2) is 103 Å². The molecule has 1 aromatic heterocycles. The molecule has 4 aromatic carbocycles. The maximum absolute atomic E-state index is 14.5. The highest BCUT2D eigenvalue weighted by atomic mass is 16.6. The first-order chi connectivity index (χ1) is 30.5. The Morgan fingerprint density at radius 2 is 1.45 bits per heavy atom. The van der Waals surface area contributed by atoms with Crippen molar-refractivity contribution in [3.05, 3.63) is 119 Å². The second-order valence-corrected chi connectivity index (χ2v) is 18.1. The number of aromatic nitrogens is 1. The van der Waals surface area contributed by atoms with E-state index in [-0.39, 0.29) is 36.2 Å². The number of carbonyl (C=O) groups is 5. The third kappa shape index (κ3) is 10.6. The average Bonchev–Trinajstić information content (AvgIpc) is 3.79. The number of fused-ring (bicyclic) bond motifs is 4. The van der Waals surface area contributed by atoms with Crippen LogP contribution in [0.3, 0.4) is 0 Å². The number of rotatable bonds is 13. The number of hydrogen-bond acceptors (Lipinski definition) is 10. The minimum Gasteiger partial charge on any atom is -0.455 e. The summed E-state index contributed by atoms with van der Waals surface area (Å²) in [7, 11) is 1.66. The minimum atomic E-state index is -1.15. The molecule has 0 bridgehead atoms. The van der Waals surface area contributed by atoms with E-state index in [2.05, 4.69) is 27.7 Å². The number of hydrogen-bond donors (Lipinski definition) is 2. The fourth-order valence-corrected chi connectivity index (χ4v) is 8.20. The summed E-state index contributed by atoms with van der Waals surface area (Å²) < 4.78 is 23.6. The molecule has 1 aliphatic heterocycles. The van der Waals surface area contributed by atoms with Gasteiger partial charge in [0.25, 0.3) is 0 Å². The lowest BCUT2D eigenvalue weighted by Gasteiger charge is -2.34. The molecule has 0 unspecified atom stereocenters. The summed E-state index contributed by atoms with van der Waals surface area (Å²) in [5.41, 5.74) is 4.48. The van der Waals surface area contributed by atoms with Crippen LogP contribution >= 0.6 is 0 Å². The lowest BCUT2D eigenvalue weighted by atomic mass is 9.98. The molecular formula is C50H57N5O9. The molecule has 2 N–H and O–H groups in total. The van der Waals surface area contributed by atoms with E-state index >= 15 is 0 Å². The lowest BCUT2D eigenvalue weighted by Crippen LogP contribution is -2.50. The van der Waals surface area contributed by atoms with Gasteiger partial charge in [-0.3, -0.25) is 14.5 Å². The van der Waals surface area contributed by atoms with E-state index in [1.54, 1.807) is 71.8 Å². The quantitative estimate of drug-likeness (QED) is 0.0672. The highest BCUT2D eigenvalue weighted by Crippen LogP contribution is 2.44. The van der Waals surface area contributed by atoms with Crippen LogP contribution < -0.4 is 15.5 Å². The maximum atomic E-state index is 14.5. The van der Waals surface area contributed by atoms with Crippen molar-refractivity contribution in [2.24, 2.45) is 0 Å². The number of methoxy groups -OCH3 is 1. The summed E-state index contributed by atoms with van der Waals surface area (Å²) in [6, 6.07) is 28.7. The first-order valence-corrected chi connectivity index (χ1v) is 21.6. The SMILES string of the molecule is COCCCN1CCN(c2ccc(C[C@H](NC(=O)OCC3c4ccccc4-c4ccccc43)C(=O)Nc3cccc4c3cc(C(=O)OC(C)(C)C)n4C(=O)OC(C)(C)C)cc2)C(=O)C1. The summed E-state index contributed by atoms with van der Waals surface area (Å²) >= 11 is 0. The standard InChI is InChI=1S/C50H57N5O9/c1-49(2,3)63-46(58)43-29-38-40(18-12-19-42(38)55(43)48(60)64-50(4,5)6)51-45(57)41(28-32-20-22-33(23-21-32)54-26-25-53(30-44(54)56)24-13-27-61-7)52-47(59)62-31-39-36-16-10-8-14-34(36)35-15-9-11-17-37(35)39/h8-12,14-23,29,39,41H,13,24-28,30-31H2,1-7H3,(H,51,57)(H,52,59)/t41-/m0/s1. The summed E-state index contributed by atoms with van der Waals surface area (Å²) in [6.07, 6.45) is -0.668. The molecule has 7 rings (SSSR count). The van der Waals surface area contributed by atoms with E-state index in [0.29, 0.717) is 30.6 Å². The third-order valence-electron chi connectivity index (χ3n) is 11.1. The van der Waals surface area contributed by atoms with Gasteiger partial charge in [-0.2, -0.15) is 0 Å². The van der Waals surface area contributed by atoms with Crippen molar-refractivity contribution in [3.8, 4) is 11.1 Å². The predicted octanol–water partition coefficient (Wildman–Crippen LogP) is 8.15. The zero-order chi connectivity index (χ0) is 45.8. The maximum Gasteiger partial charge on any atom is 0.419 e. The van der Waals surface area contributed by atoms with Crippen molar-refractivity contribution >= 4 is 52.2 Å². The molecule has 5 aromatic rings. The number of anilines is 2. The van der Waals surface area contributed by atoms with Crippen molar-refractivity contribution in [2.45, 2.75) is 77.5 Å². The molecule has 14 nitrogen and oxygen atoms in total. The van der Waals surface area contributed by atoms with Gasteiger partial charge in [-0.1, -0.05) is 66.7 Å². The number of nitrogens with one attached hydrogen (secondary N) is 2. The summed E-state index contributed by atoms with van der Waals surface area (Å²) in [5.74, 6) is -1.53. The highest BCUT2D eigenvalue weighted by Gasteiger charge is 2.32. The first kappa shape index (κ1) is 45.5. The molecule has 0 spiro atoms. The molecule has 1 atom stereocenters. The number of esters is 1. The highest BCUT2D eigenvalue weighted by molar-refractivity contribution is 6.09. The van der Waals surface area contributed by atoms with Crippen molar-refractivity contribution in [1.82, 2.24) is 14.8 Å². The summed E-state index contributed by atoms with van der Waals surface area (Å²) in [4.78, 5) is 72.5. The smallest absolute Gasteiger partial charge is 0.419 e. The van der Waals surface area contributed by atoms with Gasteiger partial charge in [-0.25, -0.2) is 19.0 Å². The molecule has 0 radical (unpaired) electrons. The van der Waals surface area contributed by atoms with Crippen LogP contribution in [0.15, 0.2) is 97.1 Å². The normalized spacial score (nSPS) is 14.7. The Labute approximate surface area is 373 Å². The number of ether oxygens (including phenoxy) is 4. The number of carbonyl (C=O) groups excluding carboxylic acids is 5. The molecule has 0 saturated carbocycles. The van der Waals surface area contributed by atoms with Gasteiger partial charge < -0.3 is 34.5 Å². The fourth-order valence-electron chi connectivity index (χ4n) is 8.20. The molecule has 2 heterocycles. The van der Waals surface area contributed by atoms with Crippen LogP contribution in [0.5, 0.6) is 0 Å². The lowest BCUT2D eigenvalue weighted by molar-refractivity contribution is -0.121. The molecule has 64 heavy (non-hydrogen) atoms. The summed E-state index contributed by atoms with van der Waals surface area (Å²) in [6.45, 7) is 13.4. The van der Waals surface area contributed by atoms with E-state index in [9.17, 15) is 24.0 Å². The van der Waals surface area contributed by atoms with Crippen molar-refractivity contribution in [3.63, 3.8) is 0 Å². The van der Waals surface area contributed by atoms with Gasteiger partial charge in [-0.15, -0.1) is 0 Å². The topological polar surface area (TPSA) is 158 Å². The number of nitrogens with zero attached hydrogens (tertiary/aromatic N) is 3. The average molecular weight is 872 g/mol. The number of amides is 3. The molecule has 1 fully saturated rings. The van der Waals surface area contributed by atoms with Gasteiger partial charge in [-0.05, 0) is 106 Å². The zero-order valence-electron chi connectivity index (χ0n) is 37.6. The number of benzene rings is 4. The van der Waals surface area contributed by atoms with Gasteiger partial charge in [0.1, 0.15) is 29.5 Å². The monoisotopic (exact) mass is 871 g/mol. The molecular weight excluding hydrogens is 815 g/mol. The van der Waals surface area contributed by atoms with Crippen LogP contribution in [0.1, 0.15) is 81.1 Å². The predicted molar refractivity (Wildman–Crippen MR) is 245 cm³/mol. The van der Waals surface area contributed by atoms with Crippen LogP contribution in [0.2, 0.25) is 0 Å². The molecule has 336 valence electrons. The van der Waals surface area contributed by atoms with Gasteiger partial charge >= 0.3 is 18.2 Å². The molecule has 1 aliphatic carbocycles. The van der Waals surface area contributed by atoms with E-state index in [4.69, 9.17) is 18.9 Å². The van der Waals surface area contributed by atoms with Crippen LogP contribution in [0.25, 0.3) is 22.0 Å². The Bertz CT molecular complexity index is 2490. The molecule has 14 heteroatoms. The molecule has 3 amide bonds. The minimum absolute atomic E-state index is 0.00454. The van der Waals surface area contributed by atoms with Gasteiger partial charge in [0.05, 0.1) is 17.7 Å². The van der Waals surface area contributed by atoms with Gasteiger partial charge in [0.15, 0.2) is 0 Å². The Morgan fingerprint density at radius 3 is 2.08 bits per heavy atom. The van der Waals surface area contributed by atoms with E-state index < -0.39 is 41.3 Å². The Hall–Kier alpha value is -6.51. The molecule has 2 aliphatic rings. The van der Waals surface area contributed by atoms with Crippen LogP contribution in [0.4, 0.5) is 21.0 Å². The number of alkyl carbamates (subject to hydrolysis) is 1. The van der Waals surface area contributed by atoms with Crippen molar-refractivity contribution in [1.29, 1.82) is 0 Å². The van der Waals surface area contributed by atoms with Gasteiger partial charge in [0.2, 0.25) is 11.8 Å². The van der Waals surface area contributed by atoms with Gasteiger partial charge in [0, 0.05) is 56.8 Å². The molecule has 1 saturated heterocycles. The first-order valence-electron chi connectivity index (χ1n) is 21.6. The largest absolute Gasteiger partial charge is 0.455 e.